The summed E-state index contributed by atoms with van der Waals surface area (Å²) >= 11 is 0. The number of rotatable bonds is 10. The van der Waals surface area contributed by atoms with E-state index in [-0.39, 0.29) is 35.7 Å². The molecular weight excluding hydrogens is 700 g/mol. The normalized spacial score (nSPS) is 18.5. The Balaban J connectivity index is 1.07. The minimum Gasteiger partial charge on any atom is -0.453 e. The van der Waals surface area contributed by atoms with Crippen molar-refractivity contribution in [3.8, 4) is 23.2 Å². The van der Waals surface area contributed by atoms with Crippen LogP contribution in [0.25, 0.3) is 45.4 Å². The fourth-order valence-corrected chi connectivity index (χ4v) is 7.19. The second-order valence-corrected chi connectivity index (χ2v) is 14.3. The third kappa shape index (κ3) is 6.94. The first kappa shape index (κ1) is 36.4. The summed E-state index contributed by atoms with van der Waals surface area (Å²) in [5.74, 6) is 1.15. The molecule has 2 saturated heterocycles. The van der Waals surface area contributed by atoms with Crippen LogP contribution in [0.1, 0.15) is 77.1 Å². The molecule has 4 N–H and O–H groups in total. The standard InChI is InChI=1S/C36H44N10O8/c1-17(2)27(43-35(49)51-5)33(47)45-11-7-9-23(45)29-37-15-21(39-29)31-41-19-13-26-20(14-25(19)53-31)42-32(54-26)22-16-38-30(40-22)24-10-8-12-46(24)34(48)28(18(3)4)44-36(50)52-6/h13-18,23-24,27-28H,7-12H2,1-6H3,(H,37,39)(H,38,40)(H,43,49)(H,44,50)/t23-,24-,27-,28-/m0/s1. The van der Waals surface area contributed by atoms with E-state index >= 15 is 0 Å². The topological polar surface area (TPSA) is 227 Å². The van der Waals surface area contributed by atoms with Gasteiger partial charge in [-0.05, 0) is 37.5 Å². The van der Waals surface area contributed by atoms with Crippen LogP contribution in [0.3, 0.4) is 0 Å². The number of hydrogen-bond donors (Lipinski definition) is 4. The second kappa shape index (κ2) is 14.8. The molecule has 0 aliphatic carbocycles. The smallest absolute Gasteiger partial charge is 0.407 e. The first-order valence-corrected chi connectivity index (χ1v) is 18.1. The molecule has 0 bridgehead atoms. The van der Waals surface area contributed by atoms with Crippen LogP contribution in [0.5, 0.6) is 0 Å². The lowest BCUT2D eigenvalue weighted by atomic mass is 10.0. The van der Waals surface area contributed by atoms with E-state index < -0.39 is 24.3 Å². The first-order chi connectivity index (χ1) is 25.9. The number of methoxy groups -OCH3 is 2. The number of amides is 4. The van der Waals surface area contributed by atoms with E-state index in [0.29, 0.717) is 82.9 Å². The zero-order valence-electron chi connectivity index (χ0n) is 31.0. The van der Waals surface area contributed by atoms with Gasteiger partial charge in [-0.1, -0.05) is 27.7 Å². The van der Waals surface area contributed by atoms with Gasteiger partial charge >= 0.3 is 12.2 Å². The van der Waals surface area contributed by atoms with E-state index in [4.69, 9.17) is 18.3 Å². The molecule has 6 heterocycles. The van der Waals surface area contributed by atoms with Gasteiger partial charge in [-0.3, -0.25) is 9.59 Å². The third-order valence-electron chi connectivity index (χ3n) is 10.0. The number of nitrogens with zero attached hydrogens (tertiary/aromatic N) is 6. The maximum absolute atomic E-state index is 13.5. The number of nitrogens with one attached hydrogen (secondary N) is 4. The number of carbonyl (C=O) groups excluding carboxylic acids is 4. The van der Waals surface area contributed by atoms with Gasteiger partial charge in [0.2, 0.25) is 23.6 Å². The molecule has 0 saturated carbocycles. The number of carbonyl (C=O) groups is 4. The number of H-pyrrole nitrogens is 2. The van der Waals surface area contributed by atoms with Crippen molar-refractivity contribution in [2.24, 2.45) is 11.8 Å². The number of aromatic amines is 2. The summed E-state index contributed by atoms with van der Waals surface area (Å²) in [6, 6.07) is 1.42. The largest absolute Gasteiger partial charge is 0.453 e. The molecule has 4 amide bonds. The molecule has 0 spiro atoms. The number of alkyl carbamates (subject to hydrolysis) is 2. The molecule has 4 atom stereocenters. The average Bonchev–Trinajstić information content (AvgIpc) is 4.00. The molecule has 2 aliphatic heterocycles. The maximum Gasteiger partial charge on any atom is 0.407 e. The minimum atomic E-state index is -0.735. The van der Waals surface area contributed by atoms with Crippen molar-refractivity contribution >= 4 is 46.2 Å². The Morgan fingerprint density at radius 2 is 1.13 bits per heavy atom. The molecule has 18 nitrogen and oxygen atoms in total. The van der Waals surface area contributed by atoms with Gasteiger partial charge in [-0.25, -0.2) is 29.5 Å². The quantitative estimate of drug-likeness (QED) is 0.151. The molecule has 286 valence electrons. The zero-order valence-corrected chi connectivity index (χ0v) is 31.0. The molecule has 1 aromatic carbocycles. The summed E-state index contributed by atoms with van der Waals surface area (Å²) in [6.07, 6.45) is 4.94. The van der Waals surface area contributed by atoms with Gasteiger partial charge in [0, 0.05) is 25.2 Å². The molecule has 5 aromatic rings. The molecule has 7 rings (SSSR count). The van der Waals surface area contributed by atoms with Crippen LogP contribution in [0.4, 0.5) is 9.59 Å². The summed E-state index contributed by atoms with van der Waals surface area (Å²) in [5.41, 5.74) is 3.17. The van der Waals surface area contributed by atoms with Crippen LogP contribution in [-0.4, -0.2) is 103 Å². The Morgan fingerprint density at radius 1 is 0.722 bits per heavy atom. The molecule has 2 aliphatic rings. The lowest BCUT2D eigenvalue weighted by Crippen LogP contribution is -2.51. The lowest BCUT2D eigenvalue weighted by Gasteiger charge is -2.29. The number of likely N-dealkylation sites (tertiary alicyclic amines) is 2. The van der Waals surface area contributed by atoms with E-state index in [0.717, 1.165) is 12.8 Å². The Hall–Kier alpha value is -5.94. The minimum absolute atomic E-state index is 0.144. The number of ether oxygens (including phenoxy) is 2. The molecule has 18 heteroatoms. The summed E-state index contributed by atoms with van der Waals surface area (Å²) in [4.78, 5) is 79.5. The van der Waals surface area contributed by atoms with Crippen molar-refractivity contribution < 1.29 is 37.5 Å². The molecular formula is C36H44N10O8. The molecule has 0 radical (unpaired) electrons. The fraction of sp³-hybridized carbons (Fsp3) is 0.500. The van der Waals surface area contributed by atoms with Gasteiger partial charge in [0.25, 0.3) is 0 Å². The lowest BCUT2D eigenvalue weighted by molar-refractivity contribution is -0.136. The van der Waals surface area contributed by atoms with Crippen molar-refractivity contribution in [1.82, 2.24) is 50.3 Å². The van der Waals surface area contributed by atoms with E-state index in [9.17, 15) is 19.2 Å². The monoisotopic (exact) mass is 744 g/mol. The number of oxazole rings is 2. The predicted molar refractivity (Wildman–Crippen MR) is 192 cm³/mol. The van der Waals surface area contributed by atoms with Gasteiger partial charge in [-0.2, -0.15) is 0 Å². The van der Waals surface area contributed by atoms with Crippen LogP contribution < -0.4 is 10.6 Å². The van der Waals surface area contributed by atoms with Crippen molar-refractivity contribution in [3.05, 3.63) is 36.2 Å². The second-order valence-electron chi connectivity index (χ2n) is 14.3. The Labute approximate surface area is 309 Å². The van der Waals surface area contributed by atoms with Crippen molar-refractivity contribution in [1.29, 1.82) is 0 Å². The van der Waals surface area contributed by atoms with E-state index in [1.165, 1.54) is 14.2 Å². The van der Waals surface area contributed by atoms with Gasteiger partial charge in [0.05, 0.1) is 38.7 Å². The van der Waals surface area contributed by atoms with Crippen LogP contribution in [0, 0.1) is 11.8 Å². The summed E-state index contributed by atoms with van der Waals surface area (Å²) in [7, 11) is 2.53. The van der Waals surface area contributed by atoms with Crippen molar-refractivity contribution in [2.45, 2.75) is 77.5 Å². The van der Waals surface area contributed by atoms with Crippen molar-refractivity contribution in [3.63, 3.8) is 0 Å². The Morgan fingerprint density at radius 3 is 1.50 bits per heavy atom. The molecule has 2 fully saturated rings. The number of fused-ring (bicyclic) bond motifs is 2. The van der Waals surface area contributed by atoms with Crippen molar-refractivity contribution in [2.75, 3.05) is 27.3 Å². The maximum atomic E-state index is 13.5. The average molecular weight is 745 g/mol. The van der Waals surface area contributed by atoms with Crippen LogP contribution >= 0.6 is 0 Å². The summed E-state index contributed by atoms with van der Waals surface area (Å²) in [6.45, 7) is 8.56. The summed E-state index contributed by atoms with van der Waals surface area (Å²) < 4.78 is 21.7. The number of imidazole rings is 2. The third-order valence-corrected chi connectivity index (χ3v) is 10.0. The molecule has 4 aromatic heterocycles. The van der Waals surface area contributed by atoms with E-state index in [1.807, 2.05) is 27.7 Å². The van der Waals surface area contributed by atoms with E-state index in [2.05, 4.69) is 40.5 Å². The highest BCUT2D eigenvalue weighted by atomic mass is 16.5. The first-order valence-electron chi connectivity index (χ1n) is 18.1. The van der Waals surface area contributed by atoms with Gasteiger partial charge in [0.15, 0.2) is 11.2 Å². The Kier molecular flexibility index (Phi) is 10.00. The highest BCUT2D eigenvalue weighted by molar-refractivity contribution is 5.91. The van der Waals surface area contributed by atoms with Gasteiger partial charge in [-0.15, -0.1) is 0 Å². The van der Waals surface area contributed by atoms with Crippen LogP contribution in [-0.2, 0) is 19.1 Å². The number of hydrogen-bond acceptors (Lipinski definition) is 12. The molecule has 54 heavy (non-hydrogen) atoms. The van der Waals surface area contributed by atoms with Crippen LogP contribution in [0.15, 0.2) is 33.4 Å². The predicted octanol–water partition coefficient (Wildman–Crippen LogP) is 4.84. The fourth-order valence-electron chi connectivity index (χ4n) is 7.19. The number of aromatic nitrogens is 6. The molecule has 0 unspecified atom stereocenters. The number of benzene rings is 1. The highest BCUT2D eigenvalue weighted by Crippen LogP contribution is 2.36. The van der Waals surface area contributed by atoms with Crippen LogP contribution in [0.2, 0.25) is 0 Å². The zero-order chi connectivity index (χ0) is 38.3. The van der Waals surface area contributed by atoms with Gasteiger partial charge < -0.3 is 48.7 Å². The summed E-state index contributed by atoms with van der Waals surface area (Å²) in [5, 5.41) is 5.33. The SMILES string of the molecule is COC(=O)N[C@H](C(=O)N1CCC[C@H]1c1ncc(-c2nc3cc4oc(-c5cnc([C@@H]6CCCN6C(=O)[C@@H](NC(=O)OC)C(C)C)[nH]5)nc4cc3o2)[nH]1)C(C)C. The highest BCUT2D eigenvalue weighted by Gasteiger charge is 2.39. The van der Waals surface area contributed by atoms with Gasteiger partial charge in [0.1, 0.15) is 46.2 Å². The van der Waals surface area contributed by atoms with E-state index in [1.54, 1.807) is 34.3 Å². The Bertz CT molecular complexity index is 1980.